The highest BCUT2D eigenvalue weighted by Gasteiger charge is 2.22. The van der Waals surface area contributed by atoms with Crippen molar-refractivity contribution >= 4 is 35.0 Å². The second-order valence-corrected chi connectivity index (χ2v) is 4.80. The van der Waals surface area contributed by atoms with Crippen LogP contribution in [0.3, 0.4) is 0 Å². The molecule has 1 aromatic rings. The van der Waals surface area contributed by atoms with E-state index in [2.05, 4.69) is 28.3 Å². The van der Waals surface area contributed by atoms with Crippen molar-refractivity contribution in [3.8, 4) is 0 Å². The minimum absolute atomic E-state index is 0.0760. The van der Waals surface area contributed by atoms with Crippen molar-refractivity contribution < 1.29 is 4.79 Å². The predicted molar refractivity (Wildman–Crippen MR) is 68.9 cm³/mol. The third kappa shape index (κ3) is 2.94. The zero-order valence-corrected chi connectivity index (χ0v) is 10.0. The van der Waals surface area contributed by atoms with Crippen LogP contribution in [0.15, 0.2) is 30.3 Å². The first-order valence-electron chi connectivity index (χ1n) is 4.77. The molecule has 1 unspecified atom stereocenters. The molecule has 2 rings (SSSR count). The van der Waals surface area contributed by atoms with Gasteiger partial charge in [0.15, 0.2) is 0 Å². The Morgan fingerprint density at radius 2 is 2.06 bits per heavy atom. The lowest BCUT2D eigenvalue weighted by atomic mass is 10.2. The van der Waals surface area contributed by atoms with Crippen LogP contribution in [0.25, 0.3) is 0 Å². The number of hydrazine groups is 1. The van der Waals surface area contributed by atoms with Crippen LogP contribution in [0.5, 0.6) is 0 Å². The molecule has 0 aliphatic carbocycles. The lowest BCUT2D eigenvalue weighted by Crippen LogP contribution is -2.60. The Morgan fingerprint density at radius 3 is 2.75 bits per heavy atom. The summed E-state index contributed by atoms with van der Waals surface area (Å²) in [7, 11) is 0. The smallest absolute Gasteiger partial charge is 0.299 e. The van der Waals surface area contributed by atoms with Crippen molar-refractivity contribution in [3.05, 3.63) is 35.9 Å². The molecule has 2 amide bonds. The number of carbonyl (C=O) groups is 1. The third-order valence-corrected chi connectivity index (χ3v) is 3.72. The van der Waals surface area contributed by atoms with Crippen LogP contribution in [0.4, 0.5) is 4.79 Å². The molecule has 1 aromatic carbocycles. The molecule has 6 heteroatoms. The maximum absolute atomic E-state index is 10.9. The monoisotopic (exact) mass is 253 g/mol. The molecule has 0 aromatic heterocycles. The Morgan fingerprint density at radius 1 is 1.31 bits per heavy atom. The van der Waals surface area contributed by atoms with Gasteiger partial charge in [-0.1, -0.05) is 42.5 Å². The van der Waals surface area contributed by atoms with E-state index in [1.54, 1.807) is 11.8 Å². The van der Waals surface area contributed by atoms with Crippen molar-refractivity contribution in [2.24, 2.45) is 0 Å². The zero-order chi connectivity index (χ0) is 11.4. The Hall–Kier alpha value is -1.11. The molecule has 0 bridgehead atoms. The Labute approximate surface area is 103 Å². The van der Waals surface area contributed by atoms with Gasteiger partial charge in [0, 0.05) is 5.75 Å². The fourth-order valence-electron chi connectivity index (χ4n) is 1.28. The zero-order valence-electron chi connectivity index (χ0n) is 8.40. The highest BCUT2D eigenvalue weighted by Crippen LogP contribution is 2.17. The van der Waals surface area contributed by atoms with E-state index in [-0.39, 0.29) is 11.4 Å². The standard InChI is InChI=1S/C10H11N3OS2/c14-10-11-8(15)9(12-13-10)16-6-7-4-2-1-3-5-7/h1-5,9,12H,6H2,(H2,11,13,14,15). The van der Waals surface area contributed by atoms with Crippen molar-refractivity contribution in [3.63, 3.8) is 0 Å². The molecule has 1 heterocycles. The number of thioether (sulfide) groups is 1. The number of benzene rings is 1. The number of nitrogens with one attached hydrogen (secondary N) is 3. The maximum atomic E-state index is 10.9. The summed E-state index contributed by atoms with van der Waals surface area (Å²) >= 11 is 6.70. The summed E-state index contributed by atoms with van der Waals surface area (Å²) < 4.78 is 0. The van der Waals surface area contributed by atoms with Crippen LogP contribution < -0.4 is 16.2 Å². The molecule has 84 valence electrons. The van der Waals surface area contributed by atoms with Gasteiger partial charge in [-0.05, 0) is 5.56 Å². The van der Waals surface area contributed by atoms with E-state index >= 15 is 0 Å². The minimum atomic E-state index is -0.304. The summed E-state index contributed by atoms with van der Waals surface area (Å²) in [6.45, 7) is 0. The highest BCUT2D eigenvalue weighted by atomic mass is 32.2. The van der Waals surface area contributed by atoms with Gasteiger partial charge in [-0.2, -0.15) is 0 Å². The summed E-state index contributed by atoms with van der Waals surface area (Å²) in [6.07, 6.45) is 0. The fourth-order valence-corrected chi connectivity index (χ4v) is 2.54. The van der Waals surface area contributed by atoms with Gasteiger partial charge in [-0.15, -0.1) is 11.8 Å². The van der Waals surface area contributed by atoms with E-state index in [0.29, 0.717) is 4.99 Å². The first-order valence-corrected chi connectivity index (χ1v) is 6.23. The molecule has 3 N–H and O–H groups in total. The van der Waals surface area contributed by atoms with Gasteiger partial charge in [0.05, 0.1) is 0 Å². The summed E-state index contributed by atoms with van der Waals surface area (Å²) in [5, 5.41) is 2.49. The van der Waals surface area contributed by atoms with Crippen LogP contribution in [0.2, 0.25) is 0 Å². The molecule has 1 aliphatic rings. The van der Waals surface area contributed by atoms with Crippen molar-refractivity contribution in [1.82, 2.24) is 16.2 Å². The van der Waals surface area contributed by atoms with E-state index in [0.717, 1.165) is 5.75 Å². The van der Waals surface area contributed by atoms with Gasteiger partial charge in [0.2, 0.25) is 0 Å². The van der Waals surface area contributed by atoms with Gasteiger partial charge < -0.3 is 0 Å². The summed E-state index contributed by atoms with van der Waals surface area (Å²) in [4.78, 5) is 11.4. The van der Waals surface area contributed by atoms with Gasteiger partial charge in [0.25, 0.3) is 0 Å². The largest absolute Gasteiger partial charge is 0.334 e. The van der Waals surface area contributed by atoms with Gasteiger partial charge in [0.1, 0.15) is 10.4 Å². The Kier molecular flexibility index (Phi) is 3.76. The molecular weight excluding hydrogens is 242 g/mol. The fraction of sp³-hybridized carbons (Fsp3) is 0.200. The van der Waals surface area contributed by atoms with Gasteiger partial charge in [-0.25, -0.2) is 10.2 Å². The highest BCUT2D eigenvalue weighted by molar-refractivity contribution is 8.01. The Balaban J connectivity index is 1.87. The third-order valence-electron chi connectivity index (χ3n) is 2.05. The molecule has 0 radical (unpaired) electrons. The normalized spacial score (nSPS) is 20.1. The van der Waals surface area contributed by atoms with Crippen LogP contribution in [0, 0.1) is 0 Å². The molecule has 0 saturated carbocycles. The lowest BCUT2D eigenvalue weighted by molar-refractivity contribution is 0.239. The average Bonchev–Trinajstić information content (AvgIpc) is 2.29. The molecule has 1 aliphatic heterocycles. The van der Waals surface area contributed by atoms with Gasteiger partial charge in [-0.3, -0.25) is 10.7 Å². The molecule has 16 heavy (non-hydrogen) atoms. The van der Waals surface area contributed by atoms with E-state index in [4.69, 9.17) is 12.2 Å². The number of rotatable bonds is 3. The van der Waals surface area contributed by atoms with E-state index in [9.17, 15) is 4.79 Å². The first-order chi connectivity index (χ1) is 7.75. The average molecular weight is 253 g/mol. The van der Waals surface area contributed by atoms with Crippen LogP contribution in [-0.4, -0.2) is 16.4 Å². The van der Waals surface area contributed by atoms with E-state index in [1.807, 2.05) is 18.2 Å². The summed E-state index contributed by atoms with van der Waals surface area (Å²) in [5.41, 5.74) is 6.57. The minimum Gasteiger partial charge on any atom is -0.299 e. The Bertz CT molecular complexity index is 396. The number of hydrogen-bond donors (Lipinski definition) is 3. The number of carbonyl (C=O) groups excluding carboxylic acids is 1. The second kappa shape index (κ2) is 5.29. The second-order valence-electron chi connectivity index (χ2n) is 3.26. The van der Waals surface area contributed by atoms with Crippen LogP contribution in [0.1, 0.15) is 5.56 Å². The van der Waals surface area contributed by atoms with E-state index < -0.39 is 0 Å². The topological polar surface area (TPSA) is 53.2 Å². The van der Waals surface area contributed by atoms with Crippen molar-refractivity contribution in [1.29, 1.82) is 0 Å². The molecule has 1 fully saturated rings. The van der Waals surface area contributed by atoms with E-state index in [1.165, 1.54) is 5.56 Å². The number of urea groups is 1. The van der Waals surface area contributed by atoms with Crippen LogP contribution >= 0.6 is 24.0 Å². The molecule has 0 spiro atoms. The quantitative estimate of drug-likeness (QED) is 0.713. The molecule has 4 nitrogen and oxygen atoms in total. The summed E-state index contributed by atoms with van der Waals surface area (Å²) in [5.74, 6) is 0.843. The predicted octanol–water partition coefficient (Wildman–Crippen LogP) is 1.39. The summed E-state index contributed by atoms with van der Waals surface area (Å²) in [6, 6.07) is 9.81. The van der Waals surface area contributed by atoms with Crippen molar-refractivity contribution in [2.75, 3.05) is 0 Å². The lowest BCUT2D eigenvalue weighted by Gasteiger charge is -2.25. The number of hydrogen-bond acceptors (Lipinski definition) is 4. The first kappa shape index (κ1) is 11.4. The number of thiocarbonyl (C=S) groups is 1. The molecule has 1 saturated heterocycles. The SMILES string of the molecule is O=C1NNC(SCc2ccccc2)C(=S)N1. The molecular formula is C10H11N3OS2. The van der Waals surface area contributed by atoms with Crippen molar-refractivity contribution in [2.45, 2.75) is 11.1 Å². The van der Waals surface area contributed by atoms with Gasteiger partial charge >= 0.3 is 6.03 Å². The van der Waals surface area contributed by atoms with Crippen LogP contribution in [-0.2, 0) is 5.75 Å². The maximum Gasteiger partial charge on any atom is 0.334 e. The number of amides is 2. The molecule has 1 atom stereocenters.